The number of rotatable bonds is 2. The third-order valence-electron chi connectivity index (χ3n) is 7.44. The number of fused-ring (bicyclic) bond motifs is 3. The Morgan fingerprint density at radius 2 is 1.83 bits per heavy atom. The molecule has 36 heavy (non-hydrogen) atoms. The number of aliphatic hydroxyl groups is 1. The van der Waals surface area contributed by atoms with Crippen LogP contribution in [0.3, 0.4) is 0 Å². The van der Waals surface area contributed by atoms with Gasteiger partial charge in [-0.3, -0.25) is 4.79 Å². The number of carbonyl (C=O) groups excluding carboxylic acids is 2. The molecule has 0 aromatic heterocycles. The summed E-state index contributed by atoms with van der Waals surface area (Å²) in [5, 5.41) is 33.5. The van der Waals surface area contributed by atoms with Crippen molar-refractivity contribution in [1.29, 1.82) is 0 Å². The summed E-state index contributed by atoms with van der Waals surface area (Å²) in [7, 11) is 0. The molecule has 2 aliphatic carbocycles. The Morgan fingerprint density at radius 3 is 2.50 bits per heavy atom. The molecule has 6 atom stereocenters. The first-order chi connectivity index (χ1) is 16.0. The van der Waals surface area contributed by atoms with Crippen LogP contribution in [0.4, 0.5) is 0 Å². The fraction of sp³-hybridized carbons (Fsp3) is 0.462. The Labute approximate surface area is 240 Å². The van der Waals surface area contributed by atoms with Crippen LogP contribution < -0.4 is 5.73 Å². The smallest absolute Gasteiger partial charge is 0.160 e. The van der Waals surface area contributed by atoms with E-state index in [2.05, 4.69) is 6.07 Å². The van der Waals surface area contributed by atoms with Crippen LogP contribution in [-0.4, -0.2) is 50.9 Å². The van der Waals surface area contributed by atoms with Crippen LogP contribution >= 0.6 is 12.4 Å². The van der Waals surface area contributed by atoms with Crippen molar-refractivity contribution in [2.75, 3.05) is 0 Å². The van der Waals surface area contributed by atoms with Crippen molar-refractivity contribution in [3.63, 3.8) is 0 Å². The van der Waals surface area contributed by atoms with Crippen LogP contribution in [0.1, 0.15) is 82.7 Å². The molecule has 8 nitrogen and oxygen atoms in total. The van der Waals surface area contributed by atoms with Crippen molar-refractivity contribution in [3.8, 4) is 11.5 Å². The molecule has 5 N–H and O–H groups in total. The summed E-state index contributed by atoms with van der Waals surface area (Å²) < 4.78 is 12.2. The predicted octanol–water partition coefficient (Wildman–Crippen LogP) is 2.95. The Morgan fingerprint density at radius 1 is 1.17 bits per heavy atom. The van der Waals surface area contributed by atoms with E-state index in [9.17, 15) is 24.9 Å². The number of ketones is 2. The molecule has 3 aliphatic rings. The first kappa shape index (κ1) is 29.2. The van der Waals surface area contributed by atoms with Crippen molar-refractivity contribution in [1.82, 2.24) is 0 Å². The van der Waals surface area contributed by atoms with Crippen LogP contribution in [0.5, 0.6) is 11.5 Å². The van der Waals surface area contributed by atoms with Gasteiger partial charge in [0, 0.05) is 74.7 Å². The maximum atomic E-state index is 13.3. The quantitative estimate of drug-likeness (QED) is 0.264. The number of ether oxygens (including phenoxy) is 2. The number of hydrogen-bond acceptors (Lipinski definition) is 8. The molecule has 2 aromatic rings. The average Bonchev–Trinajstić information content (AvgIpc) is 2.77. The monoisotopic (exact) mass is 591 g/mol. The number of nitrogens with two attached hydrogens (primary N) is 1. The molecule has 0 bridgehead atoms. The first-order valence-corrected chi connectivity index (χ1v) is 11.5. The first-order valence-electron chi connectivity index (χ1n) is 11.5. The molecule has 5 rings (SSSR count). The third-order valence-corrected chi connectivity index (χ3v) is 7.44. The Bertz CT molecular complexity index is 1210. The minimum Gasteiger partial charge on any atom is -0.508 e. The van der Waals surface area contributed by atoms with Crippen LogP contribution in [-0.2, 0) is 48.6 Å². The SMILES string of the molecule is CC1OC(OC2CC(C)(O)Cc3c(O)c4c(c(O)c32)C(=O)c2[c-]cccc2C4=O)CC(N)C1C.Cl.[Y]. The van der Waals surface area contributed by atoms with E-state index < -0.39 is 41.1 Å². The molecule has 1 radical (unpaired) electrons. The second-order valence-corrected chi connectivity index (χ2v) is 9.99. The van der Waals surface area contributed by atoms with E-state index in [0.717, 1.165) is 0 Å². The average molecular weight is 592 g/mol. The zero-order chi connectivity index (χ0) is 24.5. The maximum Gasteiger partial charge on any atom is 0.160 e. The zero-order valence-corrected chi connectivity index (χ0v) is 23.9. The molecule has 0 amide bonds. The fourth-order valence-electron chi connectivity index (χ4n) is 5.38. The van der Waals surface area contributed by atoms with Crippen molar-refractivity contribution >= 4 is 24.0 Å². The molecule has 191 valence electrons. The molecule has 1 saturated heterocycles. The van der Waals surface area contributed by atoms with E-state index in [0.29, 0.717) is 6.42 Å². The number of halogens is 1. The molecule has 1 aliphatic heterocycles. The van der Waals surface area contributed by atoms with E-state index in [4.69, 9.17) is 15.2 Å². The van der Waals surface area contributed by atoms with E-state index >= 15 is 0 Å². The second kappa shape index (κ2) is 10.4. The predicted molar refractivity (Wildman–Crippen MR) is 128 cm³/mol. The Hall–Kier alpha value is -1.39. The van der Waals surface area contributed by atoms with E-state index in [-0.39, 0.29) is 109 Å². The van der Waals surface area contributed by atoms with Gasteiger partial charge in [-0.25, -0.2) is 0 Å². The number of hydrogen-bond donors (Lipinski definition) is 4. The summed E-state index contributed by atoms with van der Waals surface area (Å²) in [4.78, 5) is 26.5. The van der Waals surface area contributed by atoms with Gasteiger partial charge in [-0.1, -0.05) is 18.1 Å². The number of benzene rings is 2. The molecule has 1 fully saturated rings. The largest absolute Gasteiger partial charge is 0.508 e. The van der Waals surface area contributed by atoms with Gasteiger partial charge in [0.05, 0.1) is 23.4 Å². The Balaban J connectivity index is 0.00000180. The number of aromatic hydroxyl groups is 2. The zero-order valence-electron chi connectivity index (χ0n) is 20.3. The van der Waals surface area contributed by atoms with Gasteiger partial charge in [0.1, 0.15) is 17.3 Å². The van der Waals surface area contributed by atoms with E-state index in [1.165, 1.54) is 12.1 Å². The van der Waals surface area contributed by atoms with Gasteiger partial charge in [-0.2, -0.15) is 0 Å². The minimum atomic E-state index is -1.29. The van der Waals surface area contributed by atoms with Gasteiger partial charge in [0.2, 0.25) is 0 Å². The molecular formula is C26H29ClNO7Y-. The van der Waals surface area contributed by atoms with Gasteiger partial charge in [0.25, 0.3) is 0 Å². The molecular weight excluding hydrogens is 563 g/mol. The Kier molecular flexibility index (Phi) is 8.43. The molecule has 10 heteroatoms. The van der Waals surface area contributed by atoms with Crippen molar-refractivity contribution in [2.24, 2.45) is 11.7 Å². The summed E-state index contributed by atoms with van der Waals surface area (Å²) in [6.45, 7) is 5.50. The molecule has 2 aromatic carbocycles. The van der Waals surface area contributed by atoms with Crippen LogP contribution in [0.2, 0.25) is 0 Å². The maximum absolute atomic E-state index is 13.3. The summed E-state index contributed by atoms with van der Waals surface area (Å²) in [6.07, 6.45) is -1.27. The van der Waals surface area contributed by atoms with Gasteiger partial charge in [-0.15, -0.1) is 36.7 Å². The summed E-state index contributed by atoms with van der Waals surface area (Å²) in [6, 6.07) is 7.19. The number of carbonyl (C=O) groups is 2. The number of phenols is 2. The topological polar surface area (TPSA) is 139 Å². The van der Waals surface area contributed by atoms with Crippen molar-refractivity contribution in [3.05, 3.63) is 57.6 Å². The molecule has 0 spiro atoms. The molecule has 1 heterocycles. The molecule has 0 saturated carbocycles. The van der Waals surface area contributed by atoms with E-state index in [1.807, 2.05) is 13.8 Å². The summed E-state index contributed by atoms with van der Waals surface area (Å²) in [5.74, 6) is -1.90. The van der Waals surface area contributed by atoms with Crippen LogP contribution in [0.15, 0.2) is 18.2 Å². The normalized spacial score (nSPS) is 30.9. The number of phenolic OH excluding ortho intramolecular Hbond substituents is 2. The van der Waals surface area contributed by atoms with Crippen molar-refractivity contribution < 1.29 is 67.1 Å². The van der Waals surface area contributed by atoms with Gasteiger partial charge in [0.15, 0.2) is 12.1 Å². The molecule has 6 unspecified atom stereocenters. The standard InChI is InChI=1S/C26H28NO7.ClH.Y/c1-11-12(2)33-18(8-16(11)27)34-17-10-26(3,32)9-15-19(17)25(31)21-20(24(15)30)22(28)13-6-4-5-7-14(13)23(21)29;;/h4-6,11-12,16-18,30-32H,8-10,27H2,1-3H3;1H;/q-1;;. The summed E-state index contributed by atoms with van der Waals surface area (Å²) >= 11 is 0. The van der Waals surface area contributed by atoms with Gasteiger partial charge < -0.3 is 35.3 Å². The van der Waals surface area contributed by atoms with Gasteiger partial charge in [-0.05, 0) is 19.8 Å². The van der Waals surface area contributed by atoms with Crippen LogP contribution in [0, 0.1) is 12.0 Å². The second-order valence-electron chi connectivity index (χ2n) is 9.99. The minimum absolute atomic E-state index is 0. The van der Waals surface area contributed by atoms with Crippen LogP contribution in [0.25, 0.3) is 0 Å². The van der Waals surface area contributed by atoms with Crippen molar-refractivity contribution in [2.45, 2.75) is 70.2 Å². The summed E-state index contributed by atoms with van der Waals surface area (Å²) in [5.41, 5.74) is 4.95. The third kappa shape index (κ3) is 4.66. The van der Waals surface area contributed by atoms with Gasteiger partial charge >= 0.3 is 0 Å². The van der Waals surface area contributed by atoms with E-state index in [1.54, 1.807) is 13.0 Å². The fourth-order valence-corrected chi connectivity index (χ4v) is 5.38.